The van der Waals surface area contributed by atoms with Crippen molar-refractivity contribution in [1.82, 2.24) is 4.31 Å². The zero-order valence-electron chi connectivity index (χ0n) is 14.7. The molecule has 2 N–H and O–H groups in total. The van der Waals surface area contributed by atoms with Gasteiger partial charge in [-0.25, -0.2) is 21.1 Å². The summed E-state index contributed by atoms with van der Waals surface area (Å²) >= 11 is 0. The molecule has 0 aliphatic carbocycles. The maximum absolute atomic E-state index is 12.7. The number of benzene rings is 1. The van der Waals surface area contributed by atoms with E-state index in [4.69, 9.17) is 5.73 Å². The van der Waals surface area contributed by atoms with Gasteiger partial charge in [0.2, 0.25) is 10.0 Å². The van der Waals surface area contributed by atoms with Crippen molar-refractivity contribution in [2.24, 2.45) is 11.7 Å². The van der Waals surface area contributed by atoms with Crippen LogP contribution in [-0.4, -0.2) is 47.0 Å². The Balaban J connectivity index is 0.00000529. The van der Waals surface area contributed by atoms with Crippen LogP contribution in [0.25, 0.3) is 0 Å². The number of halogens is 1. The fourth-order valence-electron chi connectivity index (χ4n) is 2.04. The second-order valence-corrected chi connectivity index (χ2v) is 10.3. The van der Waals surface area contributed by atoms with E-state index in [2.05, 4.69) is 0 Å². The largest absolute Gasteiger partial charge is 0.327 e. The van der Waals surface area contributed by atoms with Gasteiger partial charge in [-0.2, -0.15) is 0 Å². The average Bonchev–Trinajstić information content (AvgIpc) is 2.42. The second kappa shape index (κ2) is 8.62. The second-order valence-electron chi connectivity index (χ2n) is 6.22. The summed E-state index contributed by atoms with van der Waals surface area (Å²) in [4.78, 5) is 0.00926. The first-order valence-electron chi connectivity index (χ1n) is 7.40. The Morgan fingerprint density at radius 1 is 1.17 bits per heavy atom. The van der Waals surface area contributed by atoms with E-state index in [1.165, 1.54) is 29.6 Å². The van der Waals surface area contributed by atoms with Crippen LogP contribution in [0.4, 0.5) is 0 Å². The van der Waals surface area contributed by atoms with Gasteiger partial charge >= 0.3 is 0 Å². The third-order valence-corrected chi connectivity index (χ3v) is 7.02. The normalized spacial score (nSPS) is 13.8. The highest BCUT2D eigenvalue weighted by Gasteiger charge is 2.25. The fourth-order valence-corrected chi connectivity index (χ4v) is 4.20. The third kappa shape index (κ3) is 5.70. The van der Waals surface area contributed by atoms with E-state index in [1.54, 1.807) is 6.92 Å². The maximum Gasteiger partial charge on any atom is 0.243 e. The topological polar surface area (TPSA) is 97.5 Å². The highest BCUT2D eigenvalue weighted by molar-refractivity contribution is 7.91. The quantitative estimate of drug-likeness (QED) is 0.755. The van der Waals surface area contributed by atoms with Gasteiger partial charge in [0.25, 0.3) is 0 Å². The lowest BCUT2D eigenvalue weighted by Crippen LogP contribution is -2.35. The summed E-state index contributed by atoms with van der Waals surface area (Å²) in [5.41, 5.74) is 6.47. The summed E-state index contributed by atoms with van der Waals surface area (Å²) in [7, 11) is -5.75. The van der Waals surface area contributed by atoms with Crippen LogP contribution in [-0.2, 0) is 19.9 Å². The number of sulfone groups is 1. The van der Waals surface area contributed by atoms with Gasteiger partial charge in [0.1, 0.15) is 0 Å². The molecule has 0 radical (unpaired) electrons. The first-order chi connectivity index (χ1) is 10.4. The van der Waals surface area contributed by atoms with Gasteiger partial charge in [-0.05, 0) is 37.0 Å². The van der Waals surface area contributed by atoms with E-state index in [0.717, 1.165) is 6.26 Å². The standard InChI is InChI=1S/C15H26N2O4S2.ClH/c1-11(2)14(16)8-9-17(4)23(20,21)15-10-13(22(5,18)19)7-6-12(15)3;/h6-7,10-11,14H,8-9,16H2,1-5H3;1H. The number of aryl methyl sites for hydroxylation is 1. The predicted octanol–water partition coefficient (Wildman–Crippen LogP) is 1.81. The molecule has 140 valence electrons. The van der Waals surface area contributed by atoms with E-state index in [0.29, 0.717) is 12.0 Å². The number of nitrogens with two attached hydrogens (primary N) is 1. The van der Waals surface area contributed by atoms with Gasteiger partial charge < -0.3 is 5.73 Å². The van der Waals surface area contributed by atoms with Gasteiger partial charge in [0.05, 0.1) is 9.79 Å². The fraction of sp³-hybridized carbons (Fsp3) is 0.600. The summed E-state index contributed by atoms with van der Waals surface area (Å²) < 4.78 is 50.0. The Bertz CT molecular complexity index is 762. The zero-order valence-corrected chi connectivity index (χ0v) is 17.1. The van der Waals surface area contributed by atoms with E-state index in [9.17, 15) is 16.8 Å². The highest BCUT2D eigenvalue weighted by atomic mass is 35.5. The zero-order chi connectivity index (χ0) is 18.0. The summed E-state index contributed by atoms with van der Waals surface area (Å²) in [6.07, 6.45) is 1.59. The van der Waals surface area contributed by atoms with E-state index >= 15 is 0 Å². The van der Waals surface area contributed by atoms with Crippen molar-refractivity contribution in [3.05, 3.63) is 23.8 Å². The van der Waals surface area contributed by atoms with Crippen LogP contribution in [0.15, 0.2) is 28.0 Å². The predicted molar refractivity (Wildman–Crippen MR) is 98.8 cm³/mol. The number of nitrogens with zero attached hydrogens (tertiary/aromatic N) is 1. The van der Waals surface area contributed by atoms with Gasteiger partial charge in [0.15, 0.2) is 9.84 Å². The molecule has 6 nitrogen and oxygen atoms in total. The van der Waals surface area contributed by atoms with Crippen LogP contribution >= 0.6 is 12.4 Å². The Labute approximate surface area is 151 Å². The maximum atomic E-state index is 12.7. The van der Waals surface area contributed by atoms with Crippen molar-refractivity contribution in [1.29, 1.82) is 0 Å². The lowest BCUT2D eigenvalue weighted by Gasteiger charge is -2.22. The van der Waals surface area contributed by atoms with Gasteiger partial charge in [-0.1, -0.05) is 19.9 Å². The minimum Gasteiger partial charge on any atom is -0.327 e. The molecule has 0 bridgehead atoms. The van der Waals surface area contributed by atoms with Crippen LogP contribution < -0.4 is 5.73 Å². The SMILES string of the molecule is Cc1ccc(S(C)(=O)=O)cc1S(=O)(=O)N(C)CCC(N)C(C)C.Cl. The number of rotatable bonds is 7. The monoisotopic (exact) mass is 398 g/mol. The molecule has 9 heteroatoms. The van der Waals surface area contributed by atoms with Crippen LogP contribution in [0, 0.1) is 12.8 Å². The van der Waals surface area contributed by atoms with Crippen molar-refractivity contribution in [3.8, 4) is 0 Å². The molecule has 24 heavy (non-hydrogen) atoms. The van der Waals surface area contributed by atoms with E-state index in [-0.39, 0.29) is 40.7 Å². The van der Waals surface area contributed by atoms with Crippen LogP contribution in [0.1, 0.15) is 25.8 Å². The Kier molecular flexibility index (Phi) is 8.38. The smallest absolute Gasteiger partial charge is 0.243 e. The van der Waals surface area contributed by atoms with Crippen molar-refractivity contribution in [2.45, 2.75) is 43.0 Å². The Hall–Kier alpha value is -0.670. The van der Waals surface area contributed by atoms with Crippen LogP contribution in [0.5, 0.6) is 0 Å². The molecule has 0 saturated heterocycles. The third-order valence-electron chi connectivity index (χ3n) is 3.91. The molecule has 0 spiro atoms. The summed E-state index contributed by atoms with van der Waals surface area (Å²) in [5, 5.41) is 0. The Morgan fingerprint density at radius 3 is 2.17 bits per heavy atom. The molecule has 1 unspecified atom stereocenters. The molecule has 1 atom stereocenters. The molecule has 0 aromatic heterocycles. The first-order valence-corrected chi connectivity index (χ1v) is 10.7. The minimum atomic E-state index is -3.76. The molecular weight excluding hydrogens is 372 g/mol. The number of hydrogen-bond acceptors (Lipinski definition) is 5. The molecule has 1 aromatic rings. The van der Waals surface area contributed by atoms with Gasteiger partial charge in [-0.3, -0.25) is 0 Å². The molecule has 0 saturated carbocycles. The van der Waals surface area contributed by atoms with Crippen LogP contribution in [0.2, 0.25) is 0 Å². The average molecular weight is 399 g/mol. The summed E-state index contributed by atoms with van der Waals surface area (Å²) in [6, 6.07) is 4.06. The molecule has 1 rings (SSSR count). The number of hydrogen-bond donors (Lipinski definition) is 1. The molecule has 1 aromatic carbocycles. The minimum absolute atomic E-state index is 0. The molecular formula is C15H27ClN2O4S2. The van der Waals surface area contributed by atoms with Gasteiger partial charge in [0, 0.05) is 25.9 Å². The molecule has 0 heterocycles. The highest BCUT2D eigenvalue weighted by Crippen LogP contribution is 2.23. The molecule has 0 fully saturated rings. The van der Waals surface area contributed by atoms with Crippen molar-refractivity contribution in [2.75, 3.05) is 19.8 Å². The lowest BCUT2D eigenvalue weighted by atomic mass is 10.0. The van der Waals surface area contributed by atoms with Gasteiger partial charge in [-0.15, -0.1) is 12.4 Å². The summed E-state index contributed by atoms with van der Waals surface area (Å²) in [5.74, 6) is 0.265. The number of sulfonamides is 1. The molecule has 0 aliphatic heterocycles. The molecule has 0 aliphatic rings. The van der Waals surface area contributed by atoms with E-state index in [1.807, 2.05) is 13.8 Å². The van der Waals surface area contributed by atoms with Crippen molar-refractivity contribution >= 4 is 32.3 Å². The summed E-state index contributed by atoms with van der Waals surface area (Å²) in [6.45, 7) is 5.90. The van der Waals surface area contributed by atoms with Crippen LogP contribution in [0.3, 0.4) is 0 Å². The Morgan fingerprint density at radius 2 is 1.71 bits per heavy atom. The van der Waals surface area contributed by atoms with E-state index < -0.39 is 19.9 Å². The van der Waals surface area contributed by atoms with Crippen molar-refractivity contribution in [3.63, 3.8) is 0 Å². The van der Waals surface area contributed by atoms with Crippen molar-refractivity contribution < 1.29 is 16.8 Å². The molecule has 0 amide bonds. The first kappa shape index (κ1) is 23.3. The lowest BCUT2D eigenvalue weighted by molar-refractivity contribution is 0.397.